The van der Waals surface area contributed by atoms with Crippen molar-refractivity contribution in [3.63, 3.8) is 0 Å². The molecule has 0 aromatic heterocycles. The summed E-state index contributed by atoms with van der Waals surface area (Å²) in [5, 5.41) is 0. The third-order valence-corrected chi connectivity index (χ3v) is 3.55. The zero-order chi connectivity index (χ0) is 15.6. The molecule has 1 aromatic rings. The van der Waals surface area contributed by atoms with Gasteiger partial charge in [-0.25, -0.2) is 9.59 Å². The Hall–Kier alpha value is -2.57. The Morgan fingerprint density at radius 2 is 1.57 bits per heavy atom. The van der Waals surface area contributed by atoms with Crippen LogP contribution in [0.2, 0.25) is 0 Å². The predicted molar refractivity (Wildman–Crippen MR) is 75.0 cm³/mol. The van der Waals surface area contributed by atoms with Crippen LogP contribution in [-0.4, -0.2) is 51.7 Å². The molecule has 0 bridgehead atoms. The molecular weight excluding hydrogens is 276 g/mol. The van der Waals surface area contributed by atoms with Gasteiger partial charge in [-0.15, -0.1) is 0 Å². The van der Waals surface area contributed by atoms with Crippen LogP contribution in [0, 0.1) is 0 Å². The Labute approximate surface area is 122 Å². The van der Waals surface area contributed by atoms with Gasteiger partial charge in [0.05, 0.1) is 25.6 Å². The Morgan fingerprint density at radius 3 is 2.10 bits per heavy atom. The number of carbonyl (C=O) groups is 3. The van der Waals surface area contributed by atoms with E-state index in [4.69, 9.17) is 9.47 Å². The van der Waals surface area contributed by atoms with E-state index in [9.17, 15) is 14.4 Å². The fourth-order valence-electron chi connectivity index (χ4n) is 2.54. The van der Waals surface area contributed by atoms with Gasteiger partial charge in [0.25, 0.3) is 0 Å². The number of likely N-dealkylation sites (N-methyl/N-ethyl adjacent to an activating group) is 1. The van der Waals surface area contributed by atoms with Gasteiger partial charge in [-0.2, -0.15) is 0 Å². The lowest BCUT2D eigenvalue weighted by atomic mass is 9.99. The molecule has 1 heterocycles. The van der Waals surface area contributed by atoms with Crippen molar-refractivity contribution in [1.29, 1.82) is 0 Å². The number of para-hydroxylation sites is 2. The van der Waals surface area contributed by atoms with Crippen molar-refractivity contribution in [2.45, 2.75) is 12.1 Å². The molecule has 1 amide bonds. The smallest absolute Gasteiger partial charge is 0.331 e. The van der Waals surface area contributed by atoms with Crippen LogP contribution < -0.4 is 9.80 Å². The van der Waals surface area contributed by atoms with Gasteiger partial charge < -0.3 is 14.4 Å². The first kappa shape index (κ1) is 14.8. The van der Waals surface area contributed by atoms with Gasteiger partial charge in [-0.1, -0.05) is 12.1 Å². The lowest BCUT2D eigenvalue weighted by Gasteiger charge is -2.43. The van der Waals surface area contributed by atoms with E-state index in [0.717, 1.165) is 0 Å². The Kier molecular flexibility index (Phi) is 4.11. The summed E-state index contributed by atoms with van der Waals surface area (Å²) in [6.07, 6.45) is 0.517. The summed E-state index contributed by atoms with van der Waals surface area (Å²) in [5.74, 6) is -1.30. The quantitative estimate of drug-likeness (QED) is 0.584. The fraction of sp³-hybridized carbons (Fsp3) is 0.357. The SMILES string of the molecule is COC(=O)[C@H]1[C@H](C(=O)OC)N(C=O)c2ccccc2N1C. The third kappa shape index (κ3) is 2.31. The fourth-order valence-corrected chi connectivity index (χ4v) is 2.54. The maximum absolute atomic E-state index is 12.1. The van der Waals surface area contributed by atoms with Crippen LogP contribution in [0.3, 0.4) is 0 Å². The molecule has 7 nitrogen and oxygen atoms in total. The molecule has 0 aliphatic carbocycles. The number of methoxy groups -OCH3 is 2. The van der Waals surface area contributed by atoms with Crippen LogP contribution in [-0.2, 0) is 23.9 Å². The molecule has 7 heteroatoms. The van der Waals surface area contributed by atoms with Gasteiger partial charge in [0.1, 0.15) is 0 Å². The zero-order valence-electron chi connectivity index (χ0n) is 12.0. The summed E-state index contributed by atoms with van der Waals surface area (Å²) in [6.45, 7) is 0. The monoisotopic (exact) mass is 292 g/mol. The highest BCUT2D eigenvalue weighted by atomic mass is 16.5. The number of anilines is 2. The topological polar surface area (TPSA) is 76.2 Å². The van der Waals surface area contributed by atoms with Crippen LogP contribution in [0.15, 0.2) is 24.3 Å². The summed E-state index contributed by atoms with van der Waals surface area (Å²) >= 11 is 0. The van der Waals surface area contributed by atoms with Crippen LogP contribution >= 0.6 is 0 Å². The second-order valence-corrected chi connectivity index (χ2v) is 4.55. The molecular formula is C14H16N2O5. The number of hydrogen-bond acceptors (Lipinski definition) is 6. The highest BCUT2D eigenvalue weighted by Crippen LogP contribution is 2.37. The zero-order valence-corrected chi connectivity index (χ0v) is 12.0. The van der Waals surface area contributed by atoms with E-state index in [0.29, 0.717) is 17.8 Å². The first-order valence-corrected chi connectivity index (χ1v) is 6.28. The van der Waals surface area contributed by atoms with E-state index in [2.05, 4.69) is 0 Å². The molecule has 2 atom stereocenters. The number of nitrogens with zero attached hydrogens (tertiary/aromatic N) is 2. The van der Waals surface area contributed by atoms with E-state index in [1.54, 1.807) is 36.2 Å². The molecule has 0 unspecified atom stereocenters. The van der Waals surface area contributed by atoms with E-state index < -0.39 is 24.0 Å². The predicted octanol–water partition coefficient (Wildman–Crippen LogP) is 0.182. The highest BCUT2D eigenvalue weighted by Gasteiger charge is 2.47. The normalized spacial score (nSPS) is 20.5. The molecule has 21 heavy (non-hydrogen) atoms. The van der Waals surface area contributed by atoms with Crippen LogP contribution in [0.5, 0.6) is 0 Å². The summed E-state index contributed by atoms with van der Waals surface area (Å²) in [5.41, 5.74) is 1.19. The molecule has 0 radical (unpaired) electrons. The summed E-state index contributed by atoms with van der Waals surface area (Å²) in [7, 11) is 4.11. The molecule has 1 aromatic carbocycles. The molecule has 0 saturated carbocycles. The maximum atomic E-state index is 12.1. The minimum Gasteiger partial charge on any atom is -0.467 e. The largest absolute Gasteiger partial charge is 0.467 e. The molecule has 0 spiro atoms. The summed E-state index contributed by atoms with van der Waals surface area (Å²) in [6, 6.07) is 4.92. The summed E-state index contributed by atoms with van der Waals surface area (Å²) in [4.78, 5) is 38.4. The average Bonchev–Trinajstić information content (AvgIpc) is 2.53. The molecule has 112 valence electrons. The highest BCUT2D eigenvalue weighted by molar-refractivity contribution is 6.01. The molecule has 1 aliphatic rings. The Morgan fingerprint density at radius 1 is 1.05 bits per heavy atom. The number of esters is 2. The van der Waals surface area contributed by atoms with E-state index in [1.165, 1.54) is 19.1 Å². The van der Waals surface area contributed by atoms with Crippen molar-refractivity contribution in [1.82, 2.24) is 0 Å². The van der Waals surface area contributed by atoms with Crippen molar-refractivity contribution in [2.24, 2.45) is 0 Å². The van der Waals surface area contributed by atoms with Crippen LogP contribution in [0.4, 0.5) is 11.4 Å². The number of benzene rings is 1. The lowest BCUT2D eigenvalue weighted by Crippen LogP contribution is -2.62. The number of amides is 1. The van der Waals surface area contributed by atoms with E-state index in [-0.39, 0.29) is 0 Å². The van der Waals surface area contributed by atoms with Gasteiger partial charge >= 0.3 is 11.9 Å². The van der Waals surface area contributed by atoms with Crippen molar-refractivity contribution in [2.75, 3.05) is 31.1 Å². The Bertz CT molecular complexity index is 574. The minimum absolute atomic E-state index is 0.517. The molecule has 0 saturated heterocycles. The van der Waals surface area contributed by atoms with Crippen molar-refractivity contribution in [3.8, 4) is 0 Å². The second kappa shape index (κ2) is 5.82. The van der Waals surface area contributed by atoms with Gasteiger partial charge in [0.2, 0.25) is 6.41 Å². The average molecular weight is 292 g/mol. The van der Waals surface area contributed by atoms with Crippen molar-refractivity contribution < 1.29 is 23.9 Å². The molecule has 0 fully saturated rings. The van der Waals surface area contributed by atoms with Gasteiger partial charge in [-0.3, -0.25) is 9.69 Å². The summed E-state index contributed by atoms with van der Waals surface area (Å²) < 4.78 is 9.50. The first-order valence-electron chi connectivity index (χ1n) is 6.28. The number of ether oxygens (including phenoxy) is 2. The third-order valence-electron chi connectivity index (χ3n) is 3.55. The van der Waals surface area contributed by atoms with E-state index in [1.807, 2.05) is 0 Å². The van der Waals surface area contributed by atoms with E-state index >= 15 is 0 Å². The van der Waals surface area contributed by atoms with Crippen molar-refractivity contribution in [3.05, 3.63) is 24.3 Å². The van der Waals surface area contributed by atoms with Crippen molar-refractivity contribution >= 4 is 29.7 Å². The molecule has 0 N–H and O–H groups in total. The minimum atomic E-state index is -1.10. The molecule has 1 aliphatic heterocycles. The standard InChI is InChI=1S/C14H16N2O5/c1-15-9-6-4-5-7-10(9)16(8-17)12(14(19)21-3)11(15)13(18)20-2/h4-8,11-12H,1-3H3/t11-,12-/m1/s1. The lowest BCUT2D eigenvalue weighted by molar-refractivity contribution is -0.150. The van der Waals surface area contributed by atoms with Crippen LogP contribution in [0.1, 0.15) is 0 Å². The second-order valence-electron chi connectivity index (χ2n) is 4.55. The first-order chi connectivity index (χ1) is 10.1. The van der Waals surface area contributed by atoms with Gasteiger partial charge in [-0.05, 0) is 12.1 Å². The molecule has 2 rings (SSSR count). The number of hydrogen-bond donors (Lipinski definition) is 0. The Balaban J connectivity index is 2.61. The van der Waals surface area contributed by atoms with Gasteiger partial charge in [0, 0.05) is 7.05 Å². The number of carbonyl (C=O) groups excluding carboxylic acids is 3. The van der Waals surface area contributed by atoms with Gasteiger partial charge in [0.15, 0.2) is 12.1 Å². The number of fused-ring (bicyclic) bond motifs is 1. The van der Waals surface area contributed by atoms with Crippen LogP contribution in [0.25, 0.3) is 0 Å². The number of rotatable bonds is 3. The maximum Gasteiger partial charge on any atom is 0.331 e.